The first-order valence-corrected chi connectivity index (χ1v) is 3.95. The summed E-state index contributed by atoms with van der Waals surface area (Å²) in [6.45, 7) is 0. The number of aliphatic carboxylic acids is 1. The summed E-state index contributed by atoms with van der Waals surface area (Å²) in [5, 5.41) is 11.3. The molecule has 1 heterocycles. The van der Waals surface area contributed by atoms with Gasteiger partial charge in [0.1, 0.15) is 11.9 Å². The van der Waals surface area contributed by atoms with Crippen LogP contribution in [0.4, 0.5) is 10.1 Å². The zero-order valence-corrected chi connectivity index (χ0v) is 6.75. The quantitative estimate of drug-likeness (QED) is 0.685. The molecule has 4 heteroatoms. The van der Waals surface area contributed by atoms with Crippen molar-refractivity contribution in [1.29, 1.82) is 0 Å². The lowest BCUT2D eigenvalue weighted by molar-refractivity contribution is -0.137. The molecule has 1 unspecified atom stereocenters. The van der Waals surface area contributed by atoms with Crippen molar-refractivity contribution in [2.75, 3.05) is 5.32 Å². The second-order valence-corrected chi connectivity index (χ2v) is 3.01. The van der Waals surface area contributed by atoms with Crippen LogP contribution in [0.2, 0.25) is 0 Å². The summed E-state index contributed by atoms with van der Waals surface area (Å²) < 4.78 is 13.1. The average Bonchev–Trinajstić information content (AvgIpc) is 2.49. The van der Waals surface area contributed by atoms with Crippen molar-refractivity contribution < 1.29 is 14.3 Å². The highest BCUT2D eigenvalue weighted by molar-refractivity contribution is 5.81. The van der Waals surface area contributed by atoms with Crippen molar-refractivity contribution >= 4 is 11.7 Å². The standard InChI is InChI=1S/C9H8FNO2/c10-6-3-1-2-5-4-7(9(12)13)11-8(5)6/h1-3,7,11H,4H2,(H,12,13). The van der Waals surface area contributed by atoms with Gasteiger partial charge < -0.3 is 10.4 Å². The van der Waals surface area contributed by atoms with E-state index in [2.05, 4.69) is 5.32 Å². The second kappa shape index (κ2) is 2.73. The average molecular weight is 181 g/mol. The molecule has 1 aromatic carbocycles. The molecule has 0 saturated heterocycles. The number of carboxylic acid groups (broad SMARTS) is 1. The summed E-state index contributed by atoms with van der Waals surface area (Å²) in [5.74, 6) is -1.34. The van der Waals surface area contributed by atoms with E-state index in [1.807, 2.05) is 0 Å². The molecular weight excluding hydrogens is 173 g/mol. The molecule has 0 radical (unpaired) electrons. The van der Waals surface area contributed by atoms with E-state index in [9.17, 15) is 9.18 Å². The van der Waals surface area contributed by atoms with Gasteiger partial charge in [0.05, 0.1) is 5.69 Å². The highest BCUT2D eigenvalue weighted by Gasteiger charge is 2.27. The Morgan fingerprint density at radius 1 is 1.62 bits per heavy atom. The number of carboxylic acids is 1. The Balaban J connectivity index is 2.35. The molecule has 3 nitrogen and oxygen atoms in total. The van der Waals surface area contributed by atoms with Gasteiger partial charge in [-0.2, -0.15) is 0 Å². The molecule has 1 aliphatic rings. The first-order valence-electron chi connectivity index (χ1n) is 3.95. The molecule has 0 bridgehead atoms. The molecule has 1 aromatic rings. The molecule has 0 spiro atoms. The van der Waals surface area contributed by atoms with Gasteiger partial charge in [-0.25, -0.2) is 9.18 Å². The van der Waals surface area contributed by atoms with Gasteiger partial charge in [-0.05, 0) is 11.6 Å². The molecule has 0 fully saturated rings. The molecule has 13 heavy (non-hydrogen) atoms. The van der Waals surface area contributed by atoms with Gasteiger partial charge in [0, 0.05) is 6.42 Å². The van der Waals surface area contributed by atoms with Gasteiger partial charge in [-0.1, -0.05) is 12.1 Å². The Bertz CT molecular complexity index is 365. The number of fused-ring (bicyclic) bond motifs is 1. The minimum atomic E-state index is -0.949. The van der Waals surface area contributed by atoms with E-state index in [0.717, 1.165) is 5.56 Å². The molecule has 1 aliphatic heterocycles. The van der Waals surface area contributed by atoms with E-state index in [1.54, 1.807) is 12.1 Å². The van der Waals surface area contributed by atoms with E-state index >= 15 is 0 Å². The number of hydrogen-bond acceptors (Lipinski definition) is 2. The summed E-state index contributed by atoms with van der Waals surface area (Å²) in [6, 6.07) is 3.94. The number of carbonyl (C=O) groups is 1. The lowest BCUT2D eigenvalue weighted by Crippen LogP contribution is -2.26. The highest BCUT2D eigenvalue weighted by Crippen LogP contribution is 2.28. The van der Waals surface area contributed by atoms with Crippen molar-refractivity contribution in [2.24, 2.45) is 0 Å². The Hall–Kier alpha value is -1.58. The summed E-state index contributed by atoms with van der Waals surface area (Å²) in [6.07, 6.45) is 0.350. The molecule has 0 aliphatic carbocycles. The van der Waals surface area contributed by atoms with Crippen molar-refractivity contribution in [3.63, 3.8) is 0 Å². The number of hydrogen-bond donors (Lipinski definition) is 2. The Morgan fingerprint density at radius 3 is 3.00 bits per heavy atom. The minimum Gasteiger partial charge on any atom is -0.480 e. The first kappa shape index (κ1) is 8.04. The maximum absolute atomic E-state index is 13.1. The SMILES string of the molecule is O=C(O)C1Cc2cccc(F)c2N1. The Kier molecular flexibility index (Phi) is 1.69. The van der Waals surface area contributed by atoms with Crippen LogP contribution < -0.4 is 5.32 Å². The number of rotatable bonds is 1. The first-order chi connectivity index (χ1) is 6.18. The molecule has 0 amide bonds. The van der Waals surface area contributed by atoms with Crippen molar-refractivity contribution in [1.82, 2.24) is 0 Å². The molecule has 68 valence electrons. The van der Waals surface area contributed by atoms with Crippen LogP contribution in [0, 0.1) is 5.82 Å². The van der Waals surface area contributed by atoms with Crippen LogP contribution in [0.5, 0.6) is 0 Å². The Morgan fingerprint density at radius 2 is 2.38 bits per heavy atom. The summed E-state index contributed by atoms with van der Waals surface area (Å²) in [5.41, 5.74) is 1.06. The van der Waals surface area contributed by atoms with Crippen molar-refractivity contribution in [3.8, 4) is 0 Å². The third-order valence-corrected chi connectivity index (χ3v) is 2.14. The number of halogens is 1. The third-order valence-electron chi connectivity index (χ3n) is 2.14. The van der Waals surface area contributed by atoms with E-state index in [4.69, 9.17) is 5.11 Å². The summed E-state index contributed by atoms with van der Waals surface area (Å²) >= 11 is 0. The van der Waals surface area contributed by atoms with Gasteiger partial charge in [-0.15, -0.1) is 0 Å². The zero-order valence-electron chi connectivity index (χ0n) is 6.75. The van der Waals surface area contributed by atoms with E-state index in [0.29, 0.717) is 12.1 Å². The smallest absolute Gasteiger partial charge is 0.326 e. The van der Waals surface area contributed by atoms with Gasteiger partial charge >= 0.3 is 5.97 Å². The molecule has 2 rings (SSSR count). The van der Waals surface area contributed by atoms with Crippen LogP contribution in [-0.4, -0.2) is 17.1 Å². The molecule has 1 atom stereocenters. The fraction of sp³-hybridized carbons (Fsp3) is 0.222. The van der Waals surface area contributed by atoms with Gasteiger partial charge in [0.25, 0.3) is 0 Å². The summed E-state index contributed by atoms with van der Waals surface area (Å²) in [4.78, 5) is 10.6. The zero-order chi connectivity index (χ0) is 9.42. The van der Waals surface area contributed by atoms with Gasteiger partial charge in [-0.3, -0.25) is 0 Å². The molecule has 2 N–H and O–H groups in total. The lowest BCUT2D eigenvalue weighted by atomic mass is 10.1. The Labute approximate surface area is 74.2 Å². The van der Waals surface area contributed by atoms with Crippen LogP contribution in [0.3, 0.4) is 0 Å². The number of para-hydroxylation sites is 1. The number of benzene rings is 1. The topological polar surface area (TPSA) is 49.3 Å². The largest absolute Gasteiger partial charge is 0.480 e. The predicted molar refractivity (Wildman–Crippen MR) is 45.2 cm³/mol. The van der Waals surface area contributed by atoms with Gasteiger partial charge in [0.2, 0.25) is 0 Å². The number of anilines is 1. The van der Waals surface area contributed by atoms with E-state index < -0.39 is 12.0 Å². The van der Waals surface area contributed by atoms with Gasteiger partial charge in [0.15, 0.2) is 0 Å². The molecule has 0 aromatic heterocycles. The van der Waals surface area contributed by atoms with E-state index in [-0.39, 0.29) is 5.82 Å². The highest BCUT2D eigenvalue weighted by atomic mass is 19.1. The van der Waals surface area contributed by atoms with Crippen molar-refractivity contribution in [2.45, 2.75) is 12.5 Å². The minimum absolute atomic E-state index is 0.329. The maximum Gasteiger partial charge on any atom is 0.326 e. The predicted octanol–water partition coefficient (Wildman–Crippen LogP) is 1.25. The van der Waals surface area contributed by atoms with Crippen LogP contribution in [-0.2, 0) is 11.2 Å². The fourth-order valence-electron chi connectivity index (χ4n) is 1.49. The summed E-state index contributed by atoms with van der Waals surface area (Å²) in [7, 11) is 0. The van der Waals surface area contributed by atoms with E-state index in [1.165, 1.54) is 6.07 Å². The number of nitrogens with one attached hydrogen (secondary N) is 1. The van der Waals surface area contributed by atoms with Crippen LogP contribution in [0.25, 0.3) is 0 Å². The fourth-order valence-corrected chi connectivity index (χ4v) is 1.49. The van der Waals surface area contributed by atoms with Crippen molar-refractivity contribution in [3.05, 3.63) is 29.6 Å². The molecule has 0 saturated carbocycles. The second-order valence-electron chi connectivity index (χ2n) is 3.01. The maximum atomic E-state index is 13.1. The van der Waals surface area contributed by atoms with Crippen LogP contribution in [0.15, 0.2) is 18.2 Å². The lowest BCUT2D eigenvalue weighted by Gasteiger charge is -2.04. The normalized spacial score (nSPS) is 19.3. The molecular formula is C9H8FNO2. The monoisotopic (exact) mass is 181 g/mol. The van der Waals surface area contributed by atoms with Crippen LogP contribution >= 0.6 is 0 Å². The van der Waals surface area contributed by atoms with Crippen LogP contribution in [0.1, 0.15) is 5.56 Å². The third kappa shape index (κ3) is 1.24.